The van der Waals surface area contributed by atoms with Gasteiger partial charge < -0.3 is 65.1 Å². The van der Waals surface area contributed by atoms with Crippen molar-refractivity contribution in [3.8, 4) is 0 Å². The maximum absolute atomic E-state index is 13.3. The number of carbonyl (C=O) groups excluding carboxylic acids is 1. The van der Waals surface area contributed by atoms with Crippen molar-refractivity contribution in [2.75, 3.05) is 19.8 Å². The highest BCUT2D eigenvalue weighted by Crippen LogP contribution is 2.30. The van der Waals surface area contributed by atoms with Crippen molar-refractivity contribution < 1.29 is 64.6 Å². The minimum absolute atomic E-state index is 0.256. The molecule has 2 heterocycles. The summed E-state index contributed by atoms with van der Waals surface area (Å²) in [5, 5.41) is 87.3. The summed E-state index contributed by atoms with van der Waals surface area (Å²) in [4.78, 5) is 13.3. The number of nitrogens with one attached hydrogen (secondary N) is 1. The Bertz CT molecular complexity index is 1840. The Balaban J connectivity index is 1.69. The molecule has 1 amide bonds. The molecule has 0 saturated carbocycles. The van der Waals surface area contributed by atoms with Gasteiger partial charge in [-0.25, -0.2) is 0 Å². The number of aliphatic hydroxyl groups is 8. The van der Waals surface area contributed by atoms with Gasteiger partial charge in [-0.2, -0.15) is 0 Å². The van der Waals surface area contributed by atoms with Crippen LogP contribution in [0.25, 0.3) is 0 Å². The molecule has 0 aromatic carbocycles. The topological polar surface area (TPSA) is 228 Å². The first-order valence-corrected chi connectivity index (χ1v) is 33.6. The quantitative estimate of drug-likeness (QED) is 0.0204. The molecule has 0 spiro atoms. The summed E-state index contributed by atoms with van der Waals surface area (Å²) in [5.41, 5.74) is 0. The molecule has 0 aromatic heterocycles. The van der Waals surface area contributed by atoms with E-state index < -0.39 is 86.8 Å². The SMILES string of the molecule is CC/C=C\C/C=C\C/C=C\C/C=C\C/C=C\C/C=C\C/C=C\CCCCCCCCCCCCCC(=O)NC(COC1OC(CO)C(OC2OC(CO)C(O)C(O)C2O)C(O)C1O)C(O)/C=C/CC/C=C/CCCCCCCCCCCCCC. The van der Waals surface area contributed by atoms with Gasteiger partial charge >= 0.3 is 0 Å². The van der Waals surface area contributed by atoms with Crippen molar-refractivity contribution in [1.29, 1.82) is 0 Å². The van der Waals surface area contributed by atoms with Crippen molar-refractivity contribution >= 4 is 5.91 Å². The van der Waals surface area contributed by atoms with Gasteiger partial charge in [0.1, 0.15) is 48.8 Å². The van der Waals surface area contributed by atoms with Crippen LogP contribution in [0, 0.1) is 0 Å². The highest BCUT2D eigenvalue weighted by Gasteiger charge is 2.51. The average molecular weight is 1200 g/mol. The number of hydrogen-bond donors (Lipinski definition) is 9. The molecule has 488 valence electrons. The summed E-state index contributed by atoms with van der Waals surface area (Å²) in [5.74, 6) is -0.256. The molecule has 14 nitrogen and oxygen atoms in total. The monoisotopic (exact) mass is 1200 g/mol. The molecule has 2 fully saturated rings. The molecular formula is C71H121NO13. The number of ether oxygens (including phenoxy) is 4. The predicted octanol–water partition coefficient (Wildman–Crippen LogP) is 13.2. The van der Waals surface area contributed by atoms with Gasteiger partial charge in [0.2, 0.25) is 5.91 Å². The number of rotatable bonds is 53. The second-order valence-corrected chi connectivity index (χ2v) is 23.2. The lowest BCUT2D eigenvalue weighted by Crippen LogP contribution is -2.65. The van der Waals surface area contributed by atoms with E-state index in [4.69, 9.17) is 18.9 Å². The fourth-order valence-corrected chi connectivity index (χ4v) is 10.3. The average Bonchev–Trinajstić information content (AvgIpc) is 3.29. The second kappa shape index (κ2) is 54.8. The molecule has 12 unspecified atom stereocenters. The number of allylic oxidation sites excluding steroid dienone is 17. The van der Waals surface area contributed by atoms with E-state index in [9.17, 15) is 45.6 Å². The van der Waals surface area contributed by atoms with Gasteiger partial charge in [0.15, 0.2) is 12.6 Å². The van der Waals surface area contributed by atoms with Gasteiger partial charge in [-0.3, -0.25) is 4.79 Å². The molecule has 9 N–H and O–H groups in total. The van der Waals surface area contributed by atoms with Gasteiger partial charge in [0, 0.05) is 6.42 Å². The summed E-state index contributed by atoms with van der Waals surface area (Å²) >= 11 is 0. The Morgan fingerprint density at radius 1 is 0.435 bits per heavy atom. The number of hydrogen-bond acceptors (Lipinski definition) is 13. The summed E-state index contributed by atoms with van der Waals surface area (Å²) in [6, 6.07) is -0.941. The van der Waals surface area contributed by atoms with Crippen LogP contribution in [0.5, 0.6) is 0 Å². The molecule has 0 radical (unpaired) electrons. The highest BCUT2D eigenvalue weighted by molar-refractivity contribution is 5.76. The predicted molar refractivity (Wildman–Crippen MR) is 345 cm³/mol. The van der Waals surface area contributed by atoms with Crippen LogP contribution in [0.1, 0.15) is 239 Å². The van der Waals surface area contributed by atoms with Crippen molar-refractivity contribution in [1.82, 2.24) is 5.32 Å². The number of unbranched alkanes of at least 4 members (excludes halogenated alkanes) is 24. The van der Waals surface area contributed by atoms with E-state index in [-0.39, 0.29) is 18.9 Å². The molecule has 2 saturated heterocycles. The van der Waals surface area contributed by atoms with Gasteiger partial charge in [-0.05, 0) is 89.9 Å². The fourth-order valence-electron chi connectivity index (χ4n) is 10.3. The number of carbonyl (C=O) groups is 1. The molecule has 2 rings (SSSR count). The van der Waals surface area contributed by atoms with E-state index in [1.165, 1.54) is 122 Å². The van der Waals surface area contributed by atoms with Crippen LogP contribution in [0.3, 0.4) is 0 Å². The van der Waals surface area contributed by atoms with E-state index in [1.54, 1.807) is 6.08 Å². The smallest absolute Gasteiger partial charge is 0.220 e. The van der Waals surface area contributed by atoms with E-state index in [1.807, 2.05) is 6.08 Å². The van der Waals surface area contributed by atoms with Crippen LogP contribution >= 0.6 is 0 Å². The van der Waals surface area contributed by atoms with Crippen LogP contribution in [-0.4, -0.2) is 140 Å². The molecular weight excluding hydrogens is 1070 g/mol. The van der Waals surface area contributed by atoms with Gasteiger partial charge in [-0.1, -0.05) is 252 Å². The molecule has 0 aromatic rings. The molecule has 14 heteroatoms. The first-order chi connectivity index (χ1) is 41.6. The van der Waals surface area contributed by atoms with E-state index in [0.29, 0.717) is 12.8 Å². The zero-order valence-corrected chi connectivity index (χ0v) is 52.8. The van der Waals surface area contributed by atoms with Crippen molar-refractivity contribution in [2.24, 2.45) is 0 Å². The highest BCUT2D eigenvalue weighted by atomic mass is 16.7. The van der Waals surface area contributed by atoms with Crippen LogP contribution < -0.4 is 5.32 Å². The van der Waals surface area contributed by atoms with Gasteiger partial charge in [0.05, 0.1) is 32.0 Å². The van der Waals surface area contributed by atoms with Crippen molar-refractivity contribution in [3.63, 3.8) is 0 Å². The second-order valence-electron chi connectivity index (χ2n) is 23.2. The normalized spacial score (nSPS) is 24.3. The van der Waals surface area contributed by atoms with Crippen LogP contribution in [-0.2, 0) is 23.7 Å². The third-order valence-electron chi connectivity index (χ3n) is 15.7. The Morgan fingerprint density at radius 3 is 1.29 bits per heavy atom. The standard InChI is InChI=1S/C71H121NO13/c1-3-5-7-9-11-13-15-17-19-21-23-24-25-26-27-28-29-30-31-32-33-34-35-36-37-39-41-43-45-47-49-51-53-55-63(76)72-59(60(75)54-52-50-48-46-44-42-40-38-22-20-18-16-14-12-10-8-6-4-2)58-82-70-68(81)66(79)69(62(57-74)84-70)85-71-67(80)65(78)64(77)61(56-73)83-71/h5,7,11,13,17,19,23-24,26-27,29-30,32-33,44,46,52,54,59-62,64-71,73-75,77-81H,3-4,6,8-10,12,14-16,18,20-22,25,28,31,34-43,45,47-51,53,55-58H2,1-2H3,(H,72,76)/b7-5-,13-11-,19-17-,24-23-,27-26-,30-29-,33-32-,46-44+,54-52+. The summed E-state index contributed by atoms with van der Waals surface area (Å²) < 4.78 is 22.8. The Kier molecular flexibility index (Phi) is 50.1. The van der Waals surface area contributed by atoms with E-state index in [2.05, 4.69) is 116 Å². The lowest BCUT2D eigenvalue weighted by Gasteiger charge is -2.46. The summed E-state index contributed by atoms with van der Waals surface area (Å²) in [6.07, 6.45) is 61.3. The maximum Gasteiger partial charge on any atom is 0.220 e. The fraction of sp³-hybridized carbons (Fsp3) is 0.732. The summed E-state index contributed by atoms with van der Waals surface area (Å²) in [7, 11) is 0. The lowest BCUT2D eigenvalue weighted by molar-refractivity contribution is -0.359. The first kappa shape index (κ1) is 77.7. The Hall–Kier alpha value is -3.35. The van der Waals surface area contributed by atoms with Crippen LogP contribution in [0.2, 0.25) is 0 Å². The molecule has 12 atom stereocenters. The van der Waals surface area contributed by atoms with Gasteiger partial charge in [-0.15, -0.1) is 0 Å². The zero-order valence-electron chi connectivity index (χ0n) is 52.8. The number of amides is 1. The third kappa shape index (κ3) is 39.3. The minimum atomic E-state index is -1.80. The van der Waals surface area contributed by atoms with Crippen molar-refractivity contribution in [2.45, 2.75) is 312 Å². The van der Waals surface area contributed by atoms with Gasteiger partial charge in [0.25, 0.3) is 0 Å². The molecule has 0 aliphatic carbocycles. The van der Waals surface area contributed by atoms with E-state index >= 15 is 0 Å². The number of aliphatic hydroxyl groups excluding tert-OH is 8. The van der Waals surface area contributed by atoms with Crippen molar-refractivity contribution in [3.05, 3.63) is 109 Å². The zero-order chi connectivity index (χ0) is 61.6. The third-order valence-corrected chi connectivity index (χ3v) is 15.7. The van der Waals surface area contributed by atoms with E-state index in [0.717, 1.165) is 83.5 Å². The molecule has 85 heavy (non-hydrogen) atoms. The largest absolute Gasteiger partial charge is 0.394 e. The van der Waals surface area contributed by atoms with Crippen LogP contribution in [0.15, 0.2) is 109 Å². The van der Waals surface area contributed by atoms with Crippen LogP contribution in [0.4, 0.5) is 0 Å². The summed E-state index contributed by atoms with van der Waals surface area (Å²) in [6.45, 7) is 2.67. The lowest BCUT2D eigenvalue weighted by atomic mass is 9.97. The maximum atomic E-state index is 13.3. The molecule has 2 aliphatic heterocycles. The minimum Gasteiger partial charge on any atom is -0.394 e. The molecule has 0 bridgehead atoms. The Morgan fingerprint density at radius 2 is 0.824 bits per heavy atom. The Labute approximate surface area is 515 Å². The first-order valence-electron chi connectivity index (χ1n) is 33.6. The molecule has 2 aliphatic rings.